The molecule has 0 aromatic heterocycles. The summed E-state index contributed by atoms with van der Waals surface area (Å²) in [5.41, 5.74) is 3.80. The maximum Gasteiger partial charge on any atom is 0.510 e. The van der Waals surface area contributed by atoms with E-state index in [1.807, 2.05) is 0 Å². The van der Waals surface area contributed by atoms with Crippen molar-refractivity contribution < 1.29 is 65.3 Å². The average Bonchev–Trinajstić information content (AvgIpc) is 2.78. The number of hydrogen-bond donors (Lipinski definition) is 1. The second kappa shape index (κ2) is 16.7. The Morgan fingerprint density at radius 3 is 1.65 bits per heavy atom. The maximum absolute atomic E-state index is 14.1. The van der Waals surface area contributed by atoms with Crippen LogP contribution in [0, 0.1) is 5.92 Å². The van der Waals surface area contributed by atoms with Gasteiger partial charge in [0.25, 0.3) is 0 Å². The molecule has 0 radical (unpaired) electrons. The van der Waals surface area contributed by atoms with Crippen LogP contribution in [0.5, 0.6) is 0 Å². The van der Waals surface area contributed by atoms with Gasteiger partial charge in [-0.25, -0.2) is 27.6 Å². The largest absolute Gasteiger partial charge is 0.510 e. The number of hydrogen-bond acceptors (Lipinski definition) is 14. The van der Waals surface area contributed by atoms with Crippen molar-refractivity contribution in [1.82, 2.24) is 0 Å². The van der Waals surface area contributed by atoms with Crippen molar-refractivity contribution in [1.29, 1.82) is 0 Å². The minimum Gasteiger partial charge on any atom is -0.458 e. The maximum atomic E-state index is 14.1. The van der Waals surface area contributed by atoms with Gasteiger partial charge in [-0.05, 0) is 40.5 Å². The van der Waals surface area contributed by atoms with Gasteiger partial charge in [0.05, 0.1) is 18.8 Å². The predicted octanol–water partition coefficient (Wildman–Crippen LogP) is 3.45. The fourth-order valence-corrected chi connectivity index (χ4v) is 3.17. The molecule has 0 spiro atoms. The van der Waals surface area contributed by atoms with Crippen LogP contribution in [0.15, 0.2) is 0 Å². The van der Waals surface area contributed by atoms with E-state index in [1.165, 1.54) is 6.92 Å². The standard InChI is InChI=1S/C21H39FNO13P/c1-13(2)17(23)18(24)36-16(7)21(9-22,28-8)10-31-37(27,32-11-29-19(25)34-14(3)4)33-12-30-20(26)35-15(5)6/h13-17H,9-12,23H2,1-8H3/t16-,17?,21+/m0/s1. The second-order valence-corrected chi connectivity index (χ2v) is 10.3. The van der Waals surface area contributed by atoms with Crippen LogP contribution in [0.3, 0.4) is 0 Å². The normalized spacial score (nSPS) is 15.2. The van der Waals surface area contributed by atoms with E-state index in [9.17, 15) is 23.3 Å². The molecule has 0 heterocycles. The Hall–Kier alpha value is -2.03. The van der Waals surface area contributed by atoms with Crippen LogP contribution in [0.1, 0.15) is 48.5 Å². The number of phosphoric ester groups is 1. The summed E-state index contributed by atoms with van der Waals surface area (Å²) in [7, 11) is -3.60. The minimum atomic E-state index is -4.71. The molecule has 0 aromatic rings. The number of methoxy groups -OCH3 is 1. The van der Waals surface area contributed by atoms with E-state index in [2.05, 4.69) is 9.47 Å². The van der Waals surface area contributed by atoms with Gasteiger partial charge >= 0.3 is 26.1 Å². The number of ether oxygens (including phenoxy) is 6. The lowest BCUT2D eigenvalue weighted by molar-refractivity contribution is -0.179. The first-order chi connectivity index (χ1) is 17.1. The lowest BCUT2D eigenvalue weighted by Gasteiger charge is -2.35. The Bertz CT molecular complexity index is 729. The van der Waals surface area contributed by atoms with E-state index < -0.39 is 82.9 Å². The second-order valence-electron chi connectivity index (χ2n) is 8.59. The van der Waals surface area contributed by atoms with Gasteiger partial charge in [-0.2, -0.15) is 0 Å². The number of alkyl halides is 1. The number of carbonyl (C=O) groups excluding carboxylic acids is 3. The Balaban J connectivity index is 5.47. The monoisotopic (exact) mass is 563 g/mol. The van der Waals surface area contributed by atoms with Crippen molar-refractivity contribution in [3.05, 3.63) is 0 Å². The van der Waals surface area contributed by atoms with Crippen molar-refractivity contribution in [3.63, 3.8) is 0 Å². The highest BCUT2D eigenvalue weighted by Gasteiger charge is 2.44. The molecular weight excluding hydrogens is 524 g/mol. The molecule has 0 aromatic carbocycles. The summed E-state index contributed by atoms with van der Waals surface area (Å²) in [5.74, 6) is -1.08. The number of esters is 1. The van der Waals surface area contributed by atoms with Crippen molar-refractivity contribution in [2.24, 2.45) is 11.7 Å². The Kier molecular flexibility index (Phi) is 15.8. The van der Waals surface area contributed by atoms with Crippen LogP contribution in [0.2, 0.25) is 0 Å². The van der Waals surface area contributed by atoms with Gasteiger partial charge in [0.2, 0.25) is 13.6 Å². The lowest BCUT2D eigenvalue weighted by Crippen LogP contribution is -2.52. The van der Waals surface area contributed by atoms with Crippen LogP contribution in [0.25, 0.3) is 0 Å². The SMILES string of the molecule is CO[C@](CF)(COP(=O)(OCOC(=O)OC(C)C)OCOC(=O)OC(C)C)[C@H](C)OC(=O)C(N)C(C)C. The molecular formula is C21H39FNO13P. The van der Waals surface area contributed by atoms with Crippen LogP contribution in [0.4, 0.5) is 14.0 Å². The van der Waals surface area contributed by atoms with Gasteiger partial charge in [0.15, 0.2) is 5.60 Å². The van der Waals surface area contributed by atoms with Crippen molar-refractivity contribution in [3.8, 4) is 0 Å². The van der Waals surface area contributed by atoms with E-state index in [0.717, 1.165) is 7.11 Å². The Labute approximate surface area is 216 Å². The van der Waals surface area contributed by atoms with Crippen LogP contribution >= 0.6 is 7.82 Å². The van der Waals surface area contributed by atoms with Gasteiger partial charge in [-0.1, -0.05) is 13.8 Å². The first-order valence-corrected chi connectivity index (χ1v) is 12.8. The number of nitrogens with two attached hydrogens (primary N) is 1. The lowest BCUT2D eigenvalue weighted by atomic mass is 10.00. The highest BCUT2D eigenvalue weighted by Crippen LogP contribution is 2.50. The molecule has 16 heteroatoms. The fourth-order valence-electron chi connectivity index (χ4n) is 2.21. The third-order valence-electron chi connectivity index (χ3n) is 4.56. The molecule has 37 heavy (non-hydrogen) atoms. The van der Waals surface area contributed by atoms with E-state index in [0.29, 0.717) is 0 Å². The van der Waals surface area contributed by atoms with Gasteiger partial charge in [-0.15, -0.1) is 0 Å². The topological polar surface area (TPSA) is 177 Å². The van der Waals surface area contributed by atoms with E-state index in [-0.39, 0.29) is 5.92 Å². The number of rotatable bonds is 17. The molecule has 0 fully saturated rings. The summed E-state index contributed by atoms with van der Waals surface area (Å²) in [4.78, 5) is 35.3. The summed E-state index contributed by atoms with van der Waals surface area (Å²) < 4.78 is 71.4. The molecule has 218 valence electrons. The molecule has 3 atom stereocenters. The summed E-state index contributed by atoms with van der Waals surface area (Å²) >= 11 is 0. The van der Waals surface area contributed by atoms with Crippen LogP contribution in [-0.4, -0.2) is 82.2 Å². The van der Waals surface area contributed by atoms with Crippen molar-refractivity contribution >= 4 is 26.1 Å². The molecule has 0 rings (SSSR count). The molecule has 0 aliphatic heterocycles. The highest BCUT2D eigenvalue weighted by molar-refractivity contribution is 7.48. The zero-order valence-electron chi connectivity index (χ0n) is 22.4. The summed E-state index contributed by atoms with van der Waals surface area (Å²) in [6, 6.07) is -0.985. The van der Waals surface area contributed by atoms with E-state index in [4.69, 9.17) is 38.3 Å². The van der Waals surface area contributed by atoms with E-state index >= 15 is 0 Å². The summed E-state index contributed by atoms with van der Waals surface area (Å²) in [6.45, 7) is 6.94. The summed E-state index contributed by atoms with van der Waals surface area (Å²) in [6.07, 6.45) is -4.58. The first-order valence-electron chi connectivity index (χ1n) is 11.4. The molecule has 0 aliphatic carbocycles. The quantitative estimate of drug-likeness (QED) is 0.118. The van der Waals surface area contributed by atoms with Gasteiger partial charge < -0.3 is 34.2 Å². The molecule has 0 bridgehead atoms. The van der Waals surface area contributed by atoms with Crippen LogP contribution < -0.4 is 5.73 Å². The first kappa shape index (κ1) is 35.0. The molecule has 0 saturated heterocycles. The minimum absolute atomic E-state index is 0.259. The van der Waals surface area contributed by atoms with Gasteiger partial charge in [-0.3, -0.25) is 9.32 Å². The van der Waals surface area contributed by atoms with Crippen LogP contribution in [-0.2, 0) is 51.4 Å². The molecule has 1 unspecified atom stereocenters. The molecule has 0 amide bonds. The third-order valence-corrected chi connectivity index (χ3v) is 5.85. The third kappa shape index (κ3) is 13.4. The molecule has 0 saturated carbocycles. The van der Waals surface area contributed by atoms with E-state index in [1.54, 1.807) is 41.5 Å². The van der Waals surface area contributed by atoms with Gasteiger partial charge in [0.1, 0.15) is 18.8 Å². The van der Waals surface area contributed by atoms with Gasteiger partial charge in [0, 0.05) is 7.11 Å². The number of phosphoric acid groups is 1. The Morgan fingerprint density at radius 2 is 1.30 bits per heavy atom. The number of carbonyl (C=O) groups is 3. The zero-order valence-corrected chi connectivity index (χ0v) is 23.3. The smallest absolute Gasteiger partial charge is 0.458 e. The molecule has 0 aliphatic rings. The Morgan fingerprint density at radius 1 is 0.838 bits per heavy atom. The van der Waals surface area contributed by atoms with Crippen molar-refractivity contribution in [2.45, 2.75) is 78.4 Å². The predicted molar refractivity (Wildman–Crippen MR) is 125 cm³/mol. The molecule has 14 nitrogen and oxygen atoms in total. The van der Waals surface area contributed by atoms with Crippen molar-refractivity contribution in [2.75, 3.05) is 34.0 Å². The molecule has 2 N–H and O–H groups in total. The number of halogens is 1. The summed E-state index contributed by atoms with van der Waals surface area (Å²) in [5, 5.41) is 0. The zero-order chi connectivity index (χ0) is 28.8. The highest BCUT2D eigenvalue weighted by atomic mass is 31.2. The fraction of sp³-hybridized carbons (Fsp3) is 0.857. The average molecular weight is 564 g/mol.